The molecule has 0 spiro atoms. The van der Waals surface area contributed by atoms with E-state index < -0.39 is 49.0 Å². The Morgan fingerprint density at radius 1 is 0.609 bits per heavy atom. The van der Waals surface area contributed by atoms with E-state index in [-0.39, 0.29) is 0 Å². The molecule has 0 saturated heterocycles. The van der Waals surface area contributed by atoms with Crippen LogP contribution in [0.5, 0.6) is 0 Å². The fourth-order valence-corrected chi connectivity index (χ4v) is 1.36. The van der Waals surface area contributed by atoms with Crippen LogP contribution in [0.3, 0.4) is 0 Å². The fourth-order valence-electron chi connectivity index (χ4n) is 1.36. The minimum absolute atomic E-state index is 0.786. The largest absolute Gasteiger partial charge is 0.459 e. The second-order valence-corrected chi connectivity index (χ2v) is 4.17. The van der Waals surface area contributed by atoms with Gasteiger partial charge >= 0.3 is 36.0 Å². The average molecular weight is 378 g/mol. The first-order chi connectivity index (χ1) is 9.81. The predicted molar refractivity (Wildman–Crippen MR) is 47.0 cm³/mol. The molecule has 0 bridgehead atoms. The van der Waals surface area contributed by atoms with Crippen LogP contribution in [-0.2, 0) is 4.74 Å². The van der Waals surface area contributed by atoms with Crippen LogP contribution in [0.4, 0.5) is 57.1 Å². The summed E-state index contributed by atoms with van der Waals surface area (Å²) in [6.45, 7) is -0.951. The van der Waals surface area contributed by atoms with E-state index in [1.54, 1.807) is 0 Å². The molecule has 1 nitrogen and oxygen atoms in total. The molecule has 0 radical (unpaired) electrons. The maximum atomic E-state index is 13.8. The number of alkyl halides is 13. The zero-order chi connectivity index (χ0) is 19.1. The van der Waals surface area contributed by atoms with Gasteiger partial charge in [-0.1, -0.05) is 6.92 Å². The monoisotopic (exact) mass is 378 g/mol. The third kappa shape index (κ3) is 3.18. The van der Waals surface area contributed by atoms with Gasteiger partial charge in [-0.2, -0.15) is 48.3 Å². The van der Waals surface area contributed by atoms with Crippen molar-refractivity contribution in [3.05, 3.63) is 0 Å². The van der Waals surface area contributed by atoms with Crippen LogP contribution >= 0.6 is 0 Å². The van der Waals surface area contributed by atoms with Gasteiger partial charge in [-0.15, -0.1) is 0 Å². The highest BCUT2D eigenvalue weighted by molar-refractivity contribution is 5.13. The van der Waals surface area contributed by atoms with Crippen molar-refractivity contribution >= 4 is 0 Å². The van der Waals surface area contributed by atoms with Crippen molar-refractivity contribution in [2.45, 2.75) is 49.3 Å². The van der Waals surface area contributed by atoms with E-state index in [4.69, 9.17) is 0 Å². The molecule has 0 fully saturated rings. The third-order valence-corrected chi connectivity index (χ3v) is 2.49. The van der Waals surface area contributed by atoms with Crippen LogP contribution < -0.4 is 0 Å². The van der Waals surface area contributed by atoms with E-state index in [0.717, 1.165) is 6.92 Å². The first kappa shape index (κ1) is 22.1. The molecule has 0 aliphatic carbocycles. The van der Waals surface area contributed by atoms with E-state index in [1.165, 1.54) is 0 Å². The van der Waals surface area contributed by atoms with Gasteiger partial charge in [0.25, 0.3) is 0 Å². The molecule has 1 unspecified atom stereocenters. The molecule has 14 heteroatoms. The normalized spacial score (nSPS) is 18.0. The summed E-state index contributed by atoms with van der Waals surface area (Å²) in [7, 11) is 0. The molecule has 0 aliphatic rings. The molecule has 0 heterocycles. The molecule has 0 amide bonds. The molecule has 23 heavy (non-hydrogen) atoms. The van der Waals surface area contributed by atoms with Crippen molar-refractivity contribution < 1.29 is 61.8 Å². The van der Waals surface area contributed by atoms with Crippen LogP contribution in [-0.4, -0.2) is 42.6 Å². The summed E-state index contributed by atoms with van der Waals surface area (Å²) in [4.78, 5) is 0. The molecule has 0 aromatic carbocycles. The van der Waals surface area contributed by atoms with Crippen molar-refractivity contribution in [1.29, 1.82) is 0 Å². The highest BCUT2D eigenvalue weighted by Crippen LogP contribution is 2.61. The van der Waals surface area contributed by atoms with Crippen molar-refractivity contribution in [3.8, 4) is 0 Å². The van der Waals surface area contributed by atoms with Gasteiger partial charge in [-0.25, -0.2) is 8.78 Å². The summed E-state index contributed by atoms with van der Waals surface area (Å²) < 4.78 is 166. The lowest BCUT2D eigenvalue weighted by Gasteiger charge is -2.44. The van der Waals surface area contributed by atoms with Gasteiger partial charge in [0.1, 0.15) is 0 Å². The summed E-state index contributed by atoms with van der Waals surface area (Å²) >= 11 is 0. The highest BCUT2D eigenvalue weighted by atomic mass is 19.4. The van der Waals surface area contributed by atoms with Crippen molar-refractivity contribution in [1.82, 2.24) is 0 Å². The Morgan fingerprint density at radius 2 is 0.957 bits per heavy atom. The third-order valence-electron chi connectivity index (χ3n) is 2.49. The Bertz CT molecular complexity index is 391. The topological polar surface area (TPSA) is 9.23 Å². The summed E-state index contributed by atoms with van der Waals surface area (Å²) in [6.07, 6.45) is -23.1. The molecule has 0 aromatic heterocycles. The first-order valence-electron chi connectivity index (χ1n) is 5.41. The molecule has 140 valence electrons. The Balaban J connectivity index is 6.67. The number of halogens is 13. The molecule has 0 aromatic rings. The van der Waals surface area contributed by atoms with Crippen LogP contribution in [0.15, 0.2) is 0 Å². The molecule has 0 N–H and O–H groups in total. The maximum Gasteiger partial charge on any atom is 0.459 e. The van der Waals surface area contributed by atoms with Gasteiger partial charge in [0.2, 0.25) is 0 Å². The number of hydrogen-bond donors (Lipinski definition) is 0. The van der Waals surface area contributed by atoms with Gasteiger partial charge in [0.05, 0.1) is 6.61 Å². The lowest BCUT2D eigenvalue weighted by molar-refractivity contribution is -0.480. The van der Waals surface area contributed by atoms with Crippen LogP contribution in [0.2, 0.25) is 0 Å². The van der Waals surface area contributed by atoms with Gasteiger partial charge in [-0.3, -0.25) is 0 Å². The van der Waals surface area contributed by atoms with Crippen LogP contribution in [0.25, 0.3) is 0 Å². The van der Waals surface area contributed by atoms with Gasteiger partial charge < -0.3 is 4.74 Å². The van der Waals surface area contributed by atoms with E-state index in [2.05, 4.69) is 4.74 Å². The van der Waals surface area contributed by atoms with E-state index in [9.17, 15) is 57.1 Å². The van der Waals surface area contributed by atoms with Gasteiger partial charge in [-0.05, 0) is 6.42 Å². The molecule has 0 saturated carbocycles. The van der Waals surface area contributed by atoms with Crippen molar-refractivity contribution in [2.75, 3.05) is 6.61 Å². The predicted octanol–water partition coefficient (Wildman–Crippen LogP) is 5.11. The SMILES string of the molecule is CCCOC(F)(C(F)(F)C(F)(F)F)C(F)(C(F)(F)F)C(F)(F)F. The number of rotatable bonds is 5. The van der Waals surface area contributed by atoms with Crippen molar-refractivity contribution in [2.24, 2.45) is 0 Å². The Morgan fingerprint density at radius 3 is 1.17 bits per heavy atom. The molecular formula is C9H7F13O. The minimum atomic E-state index is -7.64. The molecule has 0 aliphatic heterocycles. The van der Waals surface area contributed by atoms with Crippen LogP contribution in [0.1, 0.15) is 13.3 Å². The minimum Gasteiger partial charge on any atom is -0.338 e. The zero-order valence-corrected chi connectivity index (χ0v) is 10.7. The molecule has 1 atom stereocenters. The Labute approximate surface area is 119 Å². The zero-order valence-electron chi connectivity index (χ0n) is 10.7. The summed E-state index contributed by atoms with van der Waals surface area (Å²) in [5.74, 6) is -14.6. The lowest BCUT2D eigenvalue weighted by atomic mass is 9.88. The quantitative estimate of drug-likeness (QED) is 0.605. The smallest absolute Gasteiger partial charge is 0.338 e. The van der Waals surface area contributed by atoms with E-state index in [1.807, 2.05) is 0 Å². The standard InChI is InChI=1S/C9H7F13O/c1-2-3-23-6(13,5(11,12)9(20,21)22)4(10,7(14,15)16)8(17,18)19/h2-3H2,1H3. The Kier molecular flexibility index (Phi) is 5.60. The summed E-state index contributed by atoms with van der Waals surface area (Å²) in [6, 6.07) is 0. The second kappa shape index (κ2) is 5.84. The van der Waals surface area contributed by atoms with E-state index >= 15 is 0 Å². The molecular weight excluding hydrogens is 371 g/mol. The molecule has 0 rings (SSSR count). The first-order valence-corrected chi connectivity index (χ1v) is 5.41. The van der Waals surface area contributed by atoms with Crippen LogP contribution in [0, 0.1) is 0 Å². The summed E-state index contributed by atoms with van der Waals surface area (Å²) in [5, 5.41) is 0. The second-order valence-electron chi connectivity index (χ2n) is 4.17. The lowest BCUT2D eigenvalue weighted by Crippen LogP contribution is -2.75. The number of ether oxygens (including phenoxy) is 1. The van der Waals surface area contributed by atoms with Gasteiger partial charge in [0.15, 0.2) is 0 Å². The Hall–Kier alpha value is -0.950. The average Bonchev–Trinajstić information content (AvgIpc) is 2.30. The van der Waals surface area contributed by atoms with E-state index in [0.29, 0.717) is 0 Å². The fraction of sp³-hybridized carbons (Fsp3) is 1.00. The van der Waals surface area contributed by atoms with Crippen molar-refractivity contribution in [3.63, 3.8) is 0 Å². The van der Waals surface area contributed by atoms with Gasteiger partial charge in [0, 0.05) is 0 Å². The summed E-state index contributed by atoms with van der Waals surface area (Å²) in [5.41, 5.74) is -7.64. The number of hydrogen-bond acceptors (Lipinski definition) is 1. The maximum absolute atomic E-state index is 13.8. The highest BCUT2D eigenvalue weighted by Gasteiger charge is 2.93.